The molecule has 5 rings (SSSR count). The van der Waals surface area contributed by atoms with Crippen LogP contribution in [0.25, 0.3) is 16.6 Å². The number of carbonyl (C=O) groups is 2. The maximum atomic E-state index is 13.5. The third kappa shape index (κ3) is 5.83. The van der Waals surface area contributed by atoms with Crippen molar-refractivity contribution in [3.8, 4) is 17.0 Å². The van der Waals surface area contributed by atoms with Crippen LogP contribution in [0, 0.1) is 20.8 Å². The number of aromatic nitrogens is 2. The first kappa shape index (κ1) is 25.7. The molecule has 0 saturated heterocycles. The summed E-state index contributed by atoms with van der Waals surface area (Å²) in [6.07, 6.45) is 0. The normalized spacial score (nSPS) is 10.8. The average molecular weight is 519 g/mol. The van der Waals surface area contributed by atoms with Gasteiger partial charge in [0, 0.05) is 46.5 Å². The molecule has 3 heterocycles. The van der Waals surface area contributed by atoms with Gasteiger partial charge in [-0.15, -0.1) is 0 Å². The quantitative estimate of drug-likeness (QED) is 0.137. The smallest absolute Gasteiger partial charge is 0.298 e. The van der Waals surface area contributed by atoms with Crippen molar-refractivity contribution in [3.05, 3.63) is 114 Å². The number of ketones is 1. The third-order valence-corrected chi connectivity index (χ3v) is 6.39. The van der Waals surface area contributed by atoms with Crippen LogP contribution in [0.4, 0.5) is 11.4 Å². The van der Waals surface area contributed by atoms with Crippen molar-refractivity contribution < 1.29 is 14.3 Å². The molecule has 2 aromatic carbocycles. The molecule has 0 aliphatic carbocycles. The second kappa shape index (κ2) is 11.2. The van der Waals surface area contributed by atoms with Gasteiger partial charge in [-0.05, 0) is 80.4 Å². The lowest BCUT2D eigenvalue weighted by atomic mass is 10.0. The van der Waals surface area contributed by atoms with Gasteiger partial charge in [0.15, 0.2) is 0 Å². The van der Waals surface area contributed by atoms with E-state index in [0.717, 1.165) is 39.3 Å². The van der Waals surface area contributed by atoms with Gasteiger partial charge in [-0.25, -0.2) is 4.98 Å². The van der Waals surface area contributed by atoms with E-state index in [2.05, 4.69) is 15.6 Å². The third-order valence-electron chi connectivity index (χ3n) is 6.39. The molecule has 0 unspecified atom stereocenters. The first-order valence-corrected chi connectivity index (χ1v) is 12.8. The van der Waals surface area contributed by atoms with Gasteiger partial charge < -0.3 is 19.8 Å². The fraction of sp³-hybridized carbons (Fsp3) is 0.156. The summed E-state index contributed by atoms with van der Waals surface area (Å²) in [6.45, 7) is 6.92. The molecule has 2 N–H and O–H groups in total. The Morgan fingerprint density at radius 2 is 1.59 bits per heavy atom. The predicted octanol–water partition coefficient (Wildman–Crippen LogP) is 6.24. The highest BCUT2D eigenvalue weighted by molar-refractivity contribution is 6.47. The van der Waals surface area contributed by atoms with Crippen LogP contribution in [0.2, 0.25) is 0 Å². The number of Topliss-reactive ketones (excluding diaryl/α,β-unsaturated/α-hetero) is 1. The van der Waals surface area contributed by atoms with Crippen LogP contribution >= 0.6 is 0 Å². The van der Waals surface area contributed by atoms with Gasteiger partial charge in [-0.1, -0.05) is 36.4 Å². The molecule has 0 saturated carbocycles. The molecular weight excluding hydrogens is 488 g/mol. The zero-order valence-corrected chi connectivity index (χ0v) is 22.2. The summed E-state index contributed by atoms with van der Waals surface area (Å²) in [5, 5.41) is 6.04. The molecule has 0 aliphatic rings. The van der Waals surface area contributed by atoms with E-state index in [9.17, 15) is 9.59 Å². The van der Waals surface area contributed by atoms with E-state index in [4.69, 9.17) is 4.74 Å². The molecule has 0 atom stereocenters. The highest BCUT2D eigenvalue weighted by Gasteiger charge is 2.25. The molecule has 0 aliphatic heterocycles. The lowest BCUT2D eigenvalue weighted by molar-refractivity contribution is -0.112. The van der Waals surface area contributed by atoms with Crippen LogP contribution in [0.1, 0.15) is 27.4 Å². The summed E-state index contributed by atoms with van der Waals surface area (Å²) in [7, 11) is 0. The molecular formula is C32H30N4O3. The standard InChI is InChI=1S/C32H30N4O3/c1-21-18-22(2)34-29(19-21)39-17-16-33-25-12-14-26(15-13-25)35-32(38)31(37)30-28(24-9-5-4-6-10-24)20-27-11-7-8-23(3)36(27)30/h4-15,18-20,33H,16-17H2,1-3H3,(H,35,38). The van der Waals surface area contributed by atoms with Gasteiger partial charge in [-0.3, -0.25) is 9.59 Å². The zero-order chi connectivity index (χ0) is 27.4. The average Bonchev–Trinajstić information content (AvgIpc) is 3.32. The molecule has 1 amide bonds. The summed E-state index contributed by atoms with van der Waals surface area (Å²) in [5.74, 6) is -0.675. The zero-order valence-electron chi connectivity index (χ0n) is 22.2. The van der Waals surface area contributed by atoms with Crippen molar-refractivity contribution in [2.75, 3.05) is 23.8 Å². The van der Waals surface area contributed by atoms with Crippen LogP contribution in [-0.2, 0) is 4.79 Å². The van der Waals surface area contributed by atoms with Crippen molar-refractivity contribution in [2.24, 2.45) is 0 Å². The number of hydrogen-bond donors (Lipinski definition) is 2. The van der Waals surface area contributed by atoms with E-state index in [1.54, 1.807) is 12.1 Å². The number of carbonyl (C=O) groups excluding carboxylic acids is 2. The minimum atomic E-state index is -0.689. The number of pyridine rings is 2. The number of aryl methyl sites for hydroxylation is 3. The van der Waals surface area contributed by atoms with Crippen molar-refractivity contribution in [2.45, 2.75) is 20.8 Å². The molecule has 5 aromatic rings. The Morgan fingerprint density at radius 1 is 0.846 bits per heavy atom. The summed E-state index contributed by atoms with van der Waals surface area (Å²) in [4.78, 5) is 31.0. The van der Waals surface area contributed by atoms with Crippen LogP contribution in [0.5, 0.6) is 5.88 Å². The second-order valence-electron chi connectivity index (χ2n) is 9.46. The van der Waals surface area contributed by atoms with E-state index in [0.29, 0.717) is 30.4 Å². The van der Waals surface area contributed by atoms with E-state index in [1.165, 1.54) is 0 Å². The first-order valence-electron chi connectivity index (χ1n) is 12.8. The Labute approximate surface area is 227 Å². The summed E-state index contributed by atoms with van der Waals surface area (Å²) in [5.41, 5.74) is 7.13. The molecule has 196 valence electrons. The number of ether oxygens (including phenoxy) is 1. The Morgan fingerprint density at radius 3 is 2.33 bits per heavy atom. The Kier molecular flexibility index (Phi) is 7.41. The van der Waals surface area contributed by atoms with Gasteiger partial charge in [0.05, 0.1) is 0 Å². The van der Waals surface area contributed by atoms with E-state index < -0.39 is 11.7 Å². The summed E-state index contributed by atoms with van der Waals surface area (Å²) >= 11 is 0. The van der Waals surface area contributed by atoms with Crippen LogP contribution < -0.4 is 15.4 Å². The topological polar surface area (TPSA) is 84.7 Å². The highest BCUT2D eigenvalue weighted by Crippen LogP contribution is 2.29. The van der Waals surface area contributed by atoms with Gasteiger partial charge in [0.25, 0.3) is 11.7 Å². The molecule has 7 heteroatoms. The SMILES string of the molecule is Cc1cc(C)nc(OCCNc2ccc(NC(=O)C(=O)c3c(-c4ccccc4)cc4cccc(C)n34)cc2)c1. The number of nitrogens with zero attached hydrogens (tertiary/aromatic N) is 2. The lowest BCUT2D eigenvalue weighted by Crippen LogP contribution is -2.25. The van der Waals surface area contributed by atoms with Crippen LogP contribution in [-0.4, -0.2) is 34.2 Å². The summed E-state index contributed by atoms with van der Waals surface area (Å²) in [6, 6.07) is 28.5. The van der Waals surface area contributed by atoms with E-state index in [-0.39, 0.29) is 0 Å². The minimum absolute atomic E-state index is 0.350. The second-order valence-corrected chi connectivity index (χ2v) is 9.46. The van der Waals surface area contributed by atoms with Gasteiger partial charge in [-0.2, -0.15) is 0 Å². The van der Waals surface area contributed by atoms with Crippen molar-refractivity contribution in [1.29, 1.82) is 0 Å². The van der Waals surface area contributed by atoms with E-state index in [1.807, 2.05) is 104 Å². The fourth-order valence-corrected chi connectivity index (χ4v) is 4.65. The van der Waals surface area contributed by atoms with Crippen LogP contribution in [0.15, 0.2) is 91.0 Å². The number of rotatable bonds is 9. The number of benzene rings is 2. The summed E-state index contributed by atoms with van der Waals surface area (Å²) < 4.78 is 7.58. The molecule has 0 bridgehead atoms. The molecule has 0 radical (unpaired) electrons. The van der Waals surface area contributed by atoms with Crippen molar-refractivity contribution >= 4 is 28.6 Å². The predicted molar refractivity (Wildman–Crippen MR) is 155 cm³/mol. The highest BCUT2D eigenvalue weighted by atomic mass is 16.5. The monoisotopic (exact) mass is 518 g/mol. The molecule has 0 fully saturated rings. The fourth-order valence-electron chi connectivity index (χ4n) is 4.65. The first-order chi connectivity index (χ1) is 18.9. The molecule has 0 spiro atoms. The lowest BCUT2D eigenvalue weighted by Gasteiger charge is -2.11. The van der Waals surface area contributed by atoms with Crippen molar-refractivity contribution in [1.82, 2.24) is 9.38 Å². The number of nitrogens with one attached hydrogen (secondary N) is 2. The van der Waals surface area contributed by atoms with Crippen molar-refractivity contribution in [3.63, 3.8) is 0 Å². The Balaban J connectivity index is 1.25. The number of hydrogen-bond acceptors (Lipinski definition) is 5. The number of fused-ring (bicyclic) bond motifs is 1. The van der Waals surface area contributed by atoms with Crippen LogP contribution in [0.3, 0.4) is 0 Å². The minimum Gasteiger partial charge on any atom is -0.476 e. The Bertz CT molecular complexity index is 1620. The maximum Gasteiger partial charge on any atom is 0.298 e. The maximum absolute atomic E-state index is 13.5. The van der Waals surface area contributed by atoms with Gasteiger partial charge in [0.1, 0.15) is 12.3 Å². The number of amides is 1. The molecule has 3 aromatic heterocycles. The Hall–Kier alpha value is -4.91. The number of anilines is 2. The molecule has 39 heavy (non-hydrogen) atoms. The van der Waals surface area contributed by atoms with Gasteiger partial charge >= 0.3 is 0 Å². The van der Waals surface area contributed by atoms with Gasteiger partial charge in [0.2, 0.25) is 5.88 Å². The largest absolute Gasteiger partial charge is 0.476 e. The van der Waals surface area contributed by atoms with E-state index >= 15 is 0 Å². The molecule has 7 nitrogen and oxygen atoms in total.